The Morgan fingerprint density at radius 3 is 1.77 bits per heavy atom. The second-order valence-electron chi connectivity index (χ2n) is 7.28. The van der Waals surface area contributed by atoms with Crippen molar-refractivity contribution in [2.24, 2.45) is 0 Å². The van der Waals surface area contributed by atoms with Crippen molar-refractivity contribution in [3.8, 4) is 11.5 Å². The third-order valence-corrected chi connectivity index (χ3v) is 2.53. The lowest BCUT2D eigenvalue weighted by molar-refractivity contribution is 0.0203. The average molecular weight is 368 g/mol. The lowest BCUT2D eigenvalue weighted by Gasteiger charge is -2.20. The summed E-state index contributed by atoms with van der Waals surface area (Å²) in [6, 6.07) is 3.84. The number of carbonyl (C=O) groups excluding carboxylic acids is 3. The summed E-state index contributed by atoms with van der Waals surface area (Å²) in [6.45, 7) is 10.1. The highest BCUT2D eigenvalue weighted by atomic mass is 16.7. The molecule has 0 amide bonds. The first-order valence-corrected chi connectivity index (χ1v) is 7.85. The van der Waals surface area contributed by atoms with Crippen molar-refractivity contribution in [3.05, 3.63) is 23.8 Å². The fourth-order valence-electron chi connectivity index (χ4n) is 1.66. The van der Waals surface area contributed by atoms with Gasteiger partial charge in [-0.15, -0.1) is 0 Å². The maximum atomic E-state index is 11.9. The van der Waals surface area contributed by atoms with Crippen molar-refractivity contribution >= 4 is 18.3 Å². The molecule has 0 heterocycles. The van der Waals surface area contributed by atoms with Crippen molar-refractivity contribution in [1.82, 2.24) is 0 Å². The van der Waals surface area contributed by atoms with E-state index in [1.807, 2.05) is 0 Å². The molecule has 0 aliphatic rings. The Bertz CT molecular complexity index is 679. The molecule has 144 valence electrons. The first-order valence-electron chi connectivity index (χ1n) is 7.85. The van der Waals surface area contributed by atoms with Gasteiger partial charge in [-0.25, -0.2) is 14.4 Å². The maximum absolute atomic E-state index is 11.9. The molecule has 1 aromatic carbocycles. The summed E-state index contributed by atoms with van der Waals surface area (Å²) in [4.78, 5) is 35.5. The lowest BCUT2D eigenvalue weighted by atomic mass is 10.2. The first-order chi connectivity index (χ1) is 11.8. The molecule has 0 atom stereocenters. The summed E-state index contributed by atoms with van der Waals surface area (Å²) >= 11 is 0. The van der Waals surface area contributed by atoms with Gasteiger partial charge in [0.25, 0.3) is 0 Å². The number of hydrogen-bond donors (Lipinski definition) is 0. The average Bonchev–Trinajstić information content (AvgIpc) is 2.42. The fourth-order valence-corrected chi connectivity index (χ4v) is 1.66. The van der Waals surface area contributed by atoms with Gasteiger partial charge in [0.15, 0.2) is 5.75 Å². The second-order valence-corrected chi connectivity index (χ2v) is 7.28. The minimum absolute atomic E-state index is 0.0189. The molecule has 1 rings (SSSR count). The van der Waals surface area contributed by atoms with Gasteiger partial charge in [0.05, 0.1) is 7.11 Å². The highest BCUT2D eigenvalue weighted by Crippen LogP contribution is 2.27. The van der Waals surface area contributed by atoms with E-state index >= 15 is 0 Å². The summed E-state index contributed by atoms with van der Waals surface area (Å²) in [6.07, 6.45) is -1.95. The van der Waals surface area contributed by atoms with Gasteiger partial charge in [-0.05, 0) is 53.7 Å². The van der Waals surface area contributed by atoms with Crippen molar-refractivity contribution in [2.75, 3.05) is 7.11 Å². The maximum Gasteiger partial charge on any atom is 0.514 e. The molecule has 0 bridgehead atoms. The molecule has 8 heteroatoms. The van der Waals surface area contributed by atoms with Crippen LogP contribution in [0, 0.1) is 0 Å². The van der Waals surface area contributed by atoms with E-state index in [9.17, 15) is 14.4 Å². The van der Waals surface area contributed by atoms with E-state index in [0.717, 1.165) is 0 Å². The van der Waals surface area contributed by atoms with Crippen LogP contribution in [0.1, 0.15) is 51.9 Å². The molecule has 0 saturated heterocycles. The van der Waals surface area contributed by atoms with Gasteiger partial charge in [0.1, 0.15) is 22.5 Å². The molecule has 0 unspecified atom stereocenters. The Balaban J connectivity index is 3.05. The Labute approximate surface area is 152 Å². The van der Waals surface area contributed by atoms with Crippen LogP contribution >= 0.6 is 0 Å². The largest absolute Gasteiger partial charge is 0.514 e. The van der Waals surface area contributed by atoms with E-state index < -0.39 is 29.5 Å². The molecule has 0 radical (unpaired) electrons. The Morgan fingerprint density at radius 2 is 1.31 bits per heavy atom. The van der Waals surface area contributed by atoms with Crippen LogP contribution < -0.4 is 9.47 Å². The van der Waals surface area contributed by atoms with Crippen LogP contribution in [0.25, 0.3) is 0 Å². The predicted molar refractivity (Wildman–Crippen MR) is 91.5 cm³/mol. The minimum atomic E-state index is -1.02. The van der Waals surface area contributed by atoms with Gasteiger partial charge in [-0.1, -0.05) is 0 Å². The Hall–Kier alpha value is -2.77. The molecule has 8 nitrogen and oxygen atoms in total. The summed E-state index contributed by atoms with van der Waals surface area (Å²) in [7, 11) is 1.19. The van der Waals surface area contributed by atoms with E-state index in [0.29, 0.717) is 0 Å². The molecule has 0 fully saturated rings. The Kier molecular flexibility index (Phi) is 6.60. The number of ether oxygens (including phenoxy) is 5. The van der Waals surface area contributed by atoms with E-state index in [2.05, 4.69) is 4.74 Å². The van der Waals surface area contributed by atoms with E-state index in [1.54, 1.807) is 41.5 Å². The molecule has 0 N–H and O–H groups in total. The van der Waals surface area contributed by atoms with E-state index in [-0.39, 0.29) is 17.1 Å². The third kappa shape index (κ3) is 7.42. The van der Waals surface area contributed by atoms with Crippen LogP contribution in [0.5, 0.6) is 11.5 Å². The van der Waals surface area contributed by atoms with Gasteiger partial charge in [-0.3, -0.25) is 0 Å². The summed E-state index contributed by atoms with van der Waals surface area (Å²) in [5.74, 6) is -0.884. The minimum Gasteiger partial charge on any atom is -0.465 e. The predicted octanol–water partition coefficient (Wildman–Crippen LogP) is 4.10. The smallest absolute Gasteiger partial charge is 0.465 e. The third-order valence-electron chi connectivity index (χ3n) is 2.53. The summed E-state index contributed by atoms with van der Waals surface area (Å²) in [5.41, 5.74) is -1.55. The fraction of sp³-hybridized carbons (Fsp3) is 0.500. The van der Waals surface area contributed by atoms with Crippen molar-refractivity contribution < 1.29 is 38.1 Å². The molecule has 0 aliphatic carbocycles. The SMILES string of the molecule is COC(=O)c1ccc(OC(=O)OC(C)(C)C)cc1OC(=O)OC(C)(C)C. The topological polar surface area (TPSA) is 97.4 Å². The van der Waals surface area contributed by atoms with Crippen LogP contribution in [0.2, 0.25) is 0 Å². The highest BCUT2D eigenvalue weighted by molar-refractivity contribution is 5.93. The zero-order valence-electron chi connectivity index (χ0n) is 16.0. The number of rotatable bonds is 3. The van der Waals surface area contributed by atoms with E-state index in [1.165, 1.54) is 25.3 Å². The number of carbonyl (C=O) groups is 3. The molecule has 0 aromatic heterocycles. The van der Waals surface area contributed by atoms with Crippen LogP contribution in [0.4, 0.5) is 9.59 Å². The van der Waals surface area contributed by atoms with Crippen LogP contribution in [0.3, 0.4) is 0 Å². The normalized spacial score (nSPS) is 11.3. The van der Waals surface area contributed by atoms with Crippen molar-refractivity contribution in [3.63, 3.8) is 0 Å². The molecule has 1 aromatic rings. The van der Waals surface area contributed by atoms with Crippen LogP contribution in [-0.2, 0) is 14.2 Å². The zero-order valence-corrected chi connectivity index (χ0v) is 16.0. The quantitative estimate of drug-likeness (QED) is 0.447. The lowest BCUT2D eigenvalue weighted by Crippen LogP contribution is -2.27. The second kappa shape index (κ2) is 8.07. The highest BCUT2D eigenvalue weighted by Gasteiger charge is 2.23. The number of hydrogen-bond acceptors (Lipinski definition) is 8. The summed E-state index contributed by atoms with van der Waals surface area (Å²) in [5, 5.41) is 0. The van der Waals surface area contributed by atoms with Crippen molar-refractivity contribution in [1.29, 1.82) is 0 Å². The van der Waals surface area contributed by atoms with E-state index in [4.69, 9.17) is 18.9 Å². The van der Waals surface area contributed by atoms with Gasteiger partial charge in [-0.2, -0.15) is 0 Å². The van der Waals surface area contributed by atoms with Gasteiger partial charge >= 0.3 is 18.3 Å². The molecule has 26 heavy (non-hydrogen) atoms. The van der Waals surface area contributed by atoms with Crippen LogP contribution in [-0.4, -0.2) is 36.6 Å². The molecular weight excluding hydrogens is 344 g/mol. The molecule has 0 spiro atoms. The van der Waals surface area contributed by atoms with Gasteiger partial charge in [0.2, 0.25) is 0 Å². The van der Waals surface area contributed by atoms with Crippen LogP contribution in [0.15, 0.2) is 18.2 Å². The zero-order chi connectivity index (χ0) is 20.1. The number of esters is 1. The molecule has 0 saturated carbocycles. The van der Waals surface area contributed by atoms with Gasteiger partial charge < -0.3 is 23.7 Å². The molecular formula is C18H24O8. The Morgan fingerprint density at radius 1 is 0.808 bits per heavy atom. The number of methoxy groups -OCH3 is 1. The molecule has 0 aliphatic heterocycles. The summed E-state index contributed by atoms with van der Waals surface area (Å²) < 4.78 is 24.8. The number of benzene rings is 1. The van der Waals surface area contributed by atoms with Crippen molar-refractivity contribution in [2.45, 2.75) is 52.7 Å². The van der Waals surface area contributed by atoms with Gasteiger partial charge in [0, 0.05) is 6.07 Å². The first kappa shape index (κ1) is 21.3. The monoisotopic (exact) mass is 368 g/mol. The standard InChI is InChI=1S/C18H24O8/c1-17(2,3)25-15(20)23-11-8-9-12(14(19)22-7)13(10-11)24-16(21)26-18(4,5)6/h8-10H,1-7H3.